The van der Waals surface area contributed by atoms with Crippen LogP contribution < -0.4 is 0 Å². The molecular weight excluding hydrogens is 410 g/mol. The minimum Gasteiger partial charge on any atom is -0.457 e. The Morgan fingerprint density at radius 3 is 2.89 bits per heavy atom. The number of carbonyl (C=O) groups excluding carboxylic acids is 1. The molecule has 1 saturated heterocycles. The lowest BCUT2D eigenvalue weighted by atomic mass is 9.97. The van der Waals surface area contributed by atoms with Crippen LogP contribution in [0.5, 0.6) is 0 Å². The lowest BCUT2D eigenvalue weighted by molar-refractivity contribution is -0.122. The molecular formula is C22H18ClNO2S2. The molecule has 1 atom stereocenters. The van der Waals surface area contributed by atoms with Gasteiger partial charge in [0.2, 0.25) is 0 Å². The Morgan fingerprint density at radius 1 is 1.25 bits per heavy atom. The summed E-state index contributed by atoms with van der Waals surface area (Å²) < 4.78 is 6.48. The number of benzene rings is 1. The van der Waals surface area contributed by atoms with Crippen LogP contribution in [-0.2, 0) is 4.79 Å². The Hall–Kier alpha value is -2.08. The van der Waals surface area contributed by atoms with E-state index in [1.165, 1.54) is 11.8 Å². The van der Waals surface area contributed by atoms with Gasteiger partial charge < -0.3 is 4.42 Å². The molecule has 1 unspecified atom stereocenters. The molecule has 1 amide bonds. The van der Waals surface area contributed by atoms with Crippen molar-refractivity contribution in [2.24, 2.45) is 5.92 Å². The molecule has 2 aromatic rings. The van der Waals surface area contributed by atoms with Crippen LogP contribution >= 0.6 is 35.6 Å². The summed E-state index contributed by atoms with van der Waals surface area (Å²) >= 11 is 13.0. The van der Waals surface area contributed by atoms with Crippen LogP contribution in [0.25, 0.3) is 17.4 Å². The van der Waals surface area contributed by atoms with E-state index >= 15 is 0 Å². The Labute approximate surface area is 178 Å². The lowest BCUT2D eigenvalue weighted by Gasteiger charge is -2.18. The molecule has 28 heavy (non-hydrogen) atoms. The molecule has 1 fully saturated rings. The number of nitrogens with zero attached hydrogens (tertiary/aromatic N) is 1. The fourth-order valence-electron chi connectivity index (χ4n) is 3.20. The number of amides is 1. The normalized spacial score (nSPS) is 20.5. The minimum absolute atomic E-state index is 0.0546. The number of thiocarbonyl (C=S) groups is 1. The van der Waals surface area contributed by atoms with Gasteiger partial charge >= 0.3 is 0 Å². The molecule has 0 N–H and O–H groups in total. The molecule has 4 rings (SSSR count). The monoisotopic (exact) mass is 427 g/mol. The molecule has 1 aromatic heterocycles. The summed E-state index contributed by atoms with van der Waals surface area (Å²) in [5.74, 6) is 1.68. The summed E-state index contributed by atoms with van der Waals surface area (Å²) in [6.07, 6.45) is 12.1. The van der Waals surface area contributed by atoms with E-state index in [4.69, 9.17) is 28.2 Å². The Balaban J connectivity index is 1.46. The van der Waals surface area contributed by atoms with Gasteiger partial charge in [-0.2, -0.15) is 0 Å². The van der Waals surface area contributed by atoms with Crippen LogP contribution in [0.4, 0.5) is 0 Å². The summed E-state index contributed by atoms with van der Waals surface area (Å²) in [6.45, 7) is 0.633. The van der Waals surface area contributed by atoms with Crippen LogP contribution in [0.3, 0.4) is 0 Å². The average Bonchev–Trinajstić information content (AvgIpc) is 3.26. The van der Waals surface area contributed by atoms with Crippen LogP contribution in [0.2, 0.25) is 5.02 Å². The molecule has 1 aliphatic heterocycles. The number of furan rings is 1. The van der Waals surface area contributed by atoms with E-state index in [0.29, 0.717) is 38.2 Å². The van der Waals surface area contributed by atoms with E-state index in [0.717, 1.165) is 18.4 Å². The molecule has 142 valence electrons. The molecule has 1 aliphatic carbocycles. The zero-order chi connectivity index (χ0) is 19.5. The highest BCUT2D eigenvalue weighted by Crippen LogP contribution is 2.35. The Kier molecular flexibility index (Phi) is 5.85. The highest BCUT2D eigenvalue weighted by atomic mass is 35.5. The first-order valence-corrected chi connectivity index (χ1v) is 10.7. The summed E-state index contributed by atoms with van der Waals surface area (Å²) in [4.78, 5) is 15.1. The maximum absolute atomic E-state index is 12.8. The van der Waals surface area contributed by atoms with Crippen LogP contribution in [-0.4, -0.2) is 21.7 Å². The van der Waals surface area contributed by atoms with E-state index < -0.39 is 0 Å². The lowest BCUT2D eigenvalue weighted by Crippen LogP contribution is -2.30. The summed E-state index contributed by atoms with van der Waals surface area (Å²) in [5, 5.41) is 0.626. The van der Waals surface area contributed by atoms with Crippen LogP contribution in [0.15, 0.2) is 70.0 Å². The highest BCUT2D eigenvalue weighted by molar-refractivity contribution is 8.26. The van der Waals surface area contributed by atoms with Gasteiger partial charge in [-0.15, -0.1) is 0 Å². The number of allylic oxidation sites excluding steroid dienone is 4. The van der Waals surface area contributed by atoms with Crippen molar-refractivity contribution >= 4 is 51.9 Å². The van der Waals surface area contributed by atoms with Gasteiger partial charge in [0.1, 0.15) is 15.8 Å². The SMILES string of the molecule is O=C1/C(=C/c2ccc(-c3ccccc3Cl)o2)SC(=S)N1CCC1C=CC=CC1. The zero-order valence-corrected chi connectivity index (χ0v) is 17.4. The van der Waals surface area contributed by atoms with E-state index in [-0.39, 0.29) is 5.91 Å². The van der Waals surface area contributed by atoms with Crippen molar-refractivity contribution in [3.8, 4) is 11.3 Å². The predicted molar refractivity (Wildman–Crippen MR) is 120 cm³/mol. The van der Waals surface area contributed by atoms with Crippen molar-refractivity contribution in [1.82, 2.24) is 4.90 Å². The smallest absolute Gasteiger partial charge is 0.266 e. The minimum atomic E-state index is -0.0546. The highest BCUT2D eigenvalue weighted by Gasteiger charge is 2.32. The first-order valence-electron chi connectivity index (χ1n) is 9.05. The van der Waals surface area contributed by atoms with E-state index in [1.807, 2.05) is 36.4 Å². The van der Waals surface area contributed by atoms with Crippen molar-refractivity contribution in [3.63, 3.8) is 0 Å². The first-order chi connectivity index (χ1) is 13.6. The van der Waals surface area contributed by atoms with Gasteiger partial charge in [-0.25, -0.2) is 0 Å². The van der Waals surface area contributed by atoms with Crippen LogP contribution in [0.1, 0.15) is 18.6 Å². The summed E-state index contributed by atoms with van der Waals surface area (Å²) in [5.41, 5.74) is 0.825. The maximum atomic E-state index is 12.8. The molecule has 2 aliphatic rings. The Bertz CT molecular complexity index is 1010. The van der Waals surface area contributed by atoms with E-state index in [2.05, 4.69) is 24.3 Å². The van der Waals surface area contributed by atoms with Gasteiger partial charge in [0.05, 0.1) is 9.93 Å². The second kappa shape index (κ2) is 8.52. The van der Waals surface area contributed by atoms with Gasteiger partial charge in [-0.3, -0.25) is 9.69 Å². The van der Waals surface area contributed by atoms with E-state index in [9.17, 15) is 4.79 Å². The molecule has 0 bridgehead atoms. The second-order valence-electron chi connectivity index (χ2n) is 6.61. The van der Waals surface area contributed by atoms with E-state index in [1.54, 1.807) is 11.0 Å². The Morgan fingerprint density at radius 2 is 2.11 bits per heavy atom. The molecule has 3 nitrogen and oxygen atoms in total. The molecule has 2 heterocycles. The molecule has 0 saturated carbocycles. The standard InChI is InChI=1S/C22H18ClNO2S2/c23-18-9-5-4-8-17(18)19-11-10-16(26-19)14-20-21(25)24(22(27)28-20)13-12-15-6-2-1-3-7-15/h1-6,8-11,14-15H,7,12-13H2/b20-14-. The number of thioether (sulfide) groups is 1. The third-order valence-electron chi connectivity index (χ3n) is 4.71. The first kappa shape index (κ1) is 19.2. The van der Waals surface area contributed by atoms with Gasteiger partial charge in [0.25, 0.3) is 5.91 Å². The predicted octanol–water partition coefficient (Wildman–Crippen LogP) is 6.32. The zero-order valence-electron chi connectivity index (χ0n) is 15.0. The van der Waals surface area contributed by atoms with Crippen molar-refractivity contribution < 1.29 is 9.21 Å². The largest absolute Gasteiger partial charge is 0.457 e. The summed E-state index contributed by atoms with van der Waals surface area (Å²) in [6, 6.07) is 11.2. The van der Waals surface area contributed by atoms with Gasteiger partial charge in [0.15, 0.2) is 0 Å². The van der Waals surface area contributed by atoms with Gasteiger partial charge in [-0.1, -0.05) is 72.0 Å². The second-order valence-corrected chi connectivity index (χ2v) is 8.70. The van der Waals surface area contributed by atoms with Crippen molar-refractivity contribution in [1.29, 1.82) is 0 Å². The molecule has 0 radical (unpaired) electrons. The maximum Gasteiger partial charge on any atom is 0.266 e. The molecule has 1 aromatic carbocycles. The number of rotatable bonds is 5. The average molecular weight is 428 g/mol. The third kappa shape index (κ3) is 4.17. The number of halogens is 1. The molecule has 6 heteroatoms. The van der Waals surface area contributed by atoms with Crippen LogP contribution in [0, 0.1) is 5.92 Å². The fraction of sp³-hybridized carbons (Fsp3) is 0.182. The summed E-state index contributed by atoms with van der Waals surface area (Å²) in [7, 11) is 0. The van der Waals surface area contributed by atoms with Crippen molar-refractivity contribution in [3.05, 3.63) is 76.4 Å². The van der Waals surface area contributed by atoms with Crippen molar-refractivity contribution in [2.45, 2.75) is 12.8 Å². The third-order valence-corrected chi connectivity index (χ3v) is 6.41. The quantitative estimate of drug-likeness (QED) is 0.412. The van der Waals surface area contributed by atoms with Gasteiger partial charge in [0, 0.05) is 18.2 Å². The number of hydrogen-bond acceptors (Lipinski definition) is 4. The molecule has 0 spiro atoms. The van der Waals surface area contributed by atoms with Gasteiger partial charge in [-0.05, 0) is 43.0 Å². The van der Waals surface area contributed by atoms with Crippen molar-refractivity contribution in [2.75, 3.05) is 6.54 Å². The number of carbonyl (C=O) groups is 1. The number of hydrogen-bond donors (Lipinski definition) is 0. The topological polar surface area (TPSA) is 33.5 Å². The fourth-order valence-corrected chi connectivity index (χ4v) is 4.72.